The zero-order valence-corrected chi connectivity index (χ0v) is 11.2. The van der Waals surface area contributed by atoms with Crippen molar-refractivity contribution >= 4 is 0 Å². The molecule has 1 saturated heterocycles. The molecule has 1 unspecified atom stereocenters. The van der Waals surface area contributed by atoms with Crippen molar-refractivity contribution in [2.24, 2.45) is 0 Å². The monoisotopic (exact) mass is 291 g/mol. The first-order valence-electron chi connectivity index (χ1n) is 6.71. The van der Waals surface area contributed by atoms with Gasteiger partial charge in [0.05, 0.1) is 6.54 Å². The van der Waals surface area contributed by atoms with Gasteiger partial charge in [-0.05, 0) is 30.5 Å². The summed E-state index contributed by atoms with van der Waals surface area (Å²) < 4.78 is 19.5. The summed E-state index contributed by atoms with van der Waals surface area (Å²) in [5.41, 5.74) is -0.168. The van der Waals surface area contributed by atoms with Crippen LogP contribution in [0.3, 0.4) is 0 Å². The Labute approximate surface area is 119 Å². The van der Waals surface area contributed by atoms with Crippen molar-refractivity contribution in [2.75, 3.05) is 6.61 Å². The first kappa shape index (κ1) is 13.7. The molecule has 0 spiro atoms. The number of nitrogens with one attached hydrogen (secondary N) is 1. The van der Waals surface area contributed by atoms with Crippen molar-refractivity contribution in [1.82, 2.24) is 14.8 Å². The molecule has 1 aromatic heterocycles. The lowest BCUT2D eigenvalue weighted by Crippen LogP contribution is -2.36. The van der Waals surface area contributed by atoms with E-state index in [1.165, 1.54) is 12.1 Å². The number of halogens is 1. The molecule has 110 valence electrons. The Morgan fingerprint density at radius 2 is 2.10 bits per heavy atom. The molecule has 0 saturated carbocycles. The number of aromatic amines is 1. The van der Waals surface area contributed by atoms with Crippen LogP contribution in [0.25, 0.3) is 0 Å². The summed E-state index contributed by atoms with van der Waals surface area (Å²) in [6.07, 6.45) is 1.21. The largest absolute Gasteiger partial charge is 0.372 e. The van der Waals surface area contributed by atoms with Gasteiger partial charge in [0.2, 0.25) is 0 Å². The predicted molar refractivity (Wildman–Crippen MR) is 72.5 cm³/mol. The van der Waals surface area contributed by atoms with Gasteiger partial charge >= 0.3 is 5.69 Å². The number of benzene rings is 1. The van der Waals surface area contributed by atoms with Crippen LogP contribution in [0.15, 0.2) is 33.9 Å². The number of ether oxygens (including phenoxy) is 1. The molecular formula is C14H14FN3O3. The van der Waals surface area contributed by atoms with Crippen LogP contribution in [-0.2, 0) is 11.3 Å². The smallest absolute Gasteiger partial charge is 0.345 e. The van der Waals surface area contributed by atoms with Gasteiger partial charge in [-0.1, -0.05) is 12.1 Å². The Morgan fingerprint density at radius 1 is 1.33 bits per heavy atom. The molecule has 7 heteroatoms. The molecule has 6 nitrogen and oxygen atoms in total. The zero-order valence-electron chi connectivity index (χ0n) is 11.2. The predicted octanol–water partition coefficient (Wildman–Crippen LogP) is 0.970. The number of nitrogens with zero attached hydrogens (tertiary/aromatic N) is 2. The molecule has 0 bridgehead atoms. The summed E-state index contributed by atoms with van der Waals surface area (Å²) in [6.45, 7) is 0.749. The summed E-state index contributed by atoms with van der Waals surface area (Å²) >= 11 is 0. The second-order valence-corrected chi connectivity index (χ2v) is 4.93. The average molecular weight is 291 g/mol. The van der Waals surface area contributed by atoms with Gasteiger partial charge in [-0.15, -0.1) is 0 Å². The Balaban J connectivity index is 1.94. The van der Waals surface area contributed by atoms with E-state index in [-0.39, 0.29) is 24.2 Å². The van der Waals surface area contributed by atoms with E-state index in [1.807, 2.05) is 0 Å². The molecule has 0 radical (unpaired) electrons. The molecule has 0 amide bonds. The molecule has 3 rings (SSSR count). The van der Waals surface area contributed by atoms with Crippen molar-refractivity contribution < 1.29 is 9.13 Å². The Hall–Kier alpha value is -2.28. The summed E-state index contributed by atoms with van der Waals surface area (Å²) in [5, 5.41) is 4.11. The molecule has 0 aliphatic carbocycles. The summed E-state index contributed by atoms with van der Waals surface area (Å²) in [6, 6.07) is 5.76. The molecule has 1 aliphatic heterocycles. The number of aromatic nitrogens is 3. The highest BCUT2D eigenvalue weighted by Crippen LogP contribution is 2.24. The maximum Gasteiger partial charge on any atom is 0.345 e. The van der Waals surface area contributed by atoms with E-state index < -0.39 is 11.2 Å². The third-order valence-corrected chi connectivity index (χ3v) is 3.40. The Morgan fingerprint density at radius 3 is 2.76 bits per heavy atom. The van der Waals surface area contributed by atoms with Gasteiger partial charge in [-0.25, -0.2) is 13.9 Å². The van der Waals surface area contributed by atoms with E-state index in [0.29, 0.717) is 13.0 Å². The molecule has 1 aromatic carbocycles. The minimum Gasteiger partial charge on any atom is -0.372 e. The van der Waals surface area contributed by atoms with Crippen molar-refractivity contribution in [1.29, 1.82) is 0 Å². The Kier molecular flexibility index (Phi) is 3.66. The summed E-state index contributed by atoms with van der Waals surface area (Å²) in [7, 11) is 0. The topological polar surface area (TPSA) is 77.0 Å². The van der Waals surface area contributed by atoms with Crippen LogP contribution in [0.4, 0.5) is 4.39 Å². The van der Waals surface area contributed by atoms with Gasteiger partial charge in [0.1, 0.15) is 11.9 Å². The van der Waals surface area contributed by atoms with Gasteiger partial charge in [0, 0.05) is 6.61 Å². The summed E-state index contributed by atoms with van der Waals surface area (Å²) in [5.74, 6) is -0.347. The number of H-pyrrole nitrogens is 1. The molecule has 2 aromatic rings. The first-order valence-corrected chi connectivity index (χ1v) is 6.71. The lowest BCUT2D eigenvalue weighted by atomic mass is 10.2. The fraction of sp³-hybridized carbons (Fsp3) is 0.357. The fourth-order valence-corrected chi connectivity index (χ4v) is 2.32. The normalized spacial score (nSPS) is 18.0. The fourth-order valence-electron chi connectivity index (χ4n) is 2.32. The van der Waals surface area contributed by atoms with Gasteiger partial charge in [-0.2, -0.15) is 5.10 Å². The molecule has 2 heterocycles. The maximum atomic E-state index is 12.9. The SMILES string of the molecule is O=c1[nH]c(=O)n(Cc2ccc(F)cc2)nc1C1CCCO1. The number of rotatable bonds is 3. The second kappa shape index (κ2) is 5.61. The maximum absolute atomic E-state index is 12.9. The van der Waals surface area contributed by atoms with E-state index >= 15 is 0 Å². The lowest BCUT2D eigenvalue weighted by Gasteiger charge is -2.10. The van der Waals surface area contributed by atoms with Crippen LogP contribution >= 0.6 is 0 Å². The third kappa shape index (κ3) is 2.92. The van der Waals surface area contributed by atoms with E-state index in [4.69, 9.17) is 4.74 Å². The zero-order chi connectivity index (χ0) is 14.8. The third-order valence-electron chi connectivity index (χ3n) is 3.40. The second-order valence-electron chi connectivity index (χ2n) is 4.93. The van der Waals surface area contributed by atoms with Crippen LogP contribution < -0.4 is 11.2 Å². The van der Waals surface area contributed by atoms with Gasteiger partial charge in [-0.3, -0.25) is 9.78 Å². The molecule has 1 atom stereocenters. The quantitative estimate of drug-likeness (QED) is 0.914. The summed E-state index contributed by atoms with van der Waals surface area (Å²) in [4.78, 5) is 25.9. The van der Waals surface area contributed by atoms with Crippen LogP contribution in [0, 0.1) is 5.82 Å². The van der Waals surface area contributed by atoms with E-state index in [1.54, 1.807) is 12.1 Å². The Bertz CT molecular complexity index is 745. The lowest BCUT2D eigenvalue weighted by molar-refractivity contribution is 0.105. The average Bonchev–Trinajstić information content (AvgIpc) is 2.98. The van der Waals surface area contributed by atoms with Crippen molar-refractivity contribution in [2.45, 2.75) is 25.5 Å². The highest BCUT2D eigenvalue weighted by molar-refractivity contribution is 5.16. The van der Waals surface area contributed by atoms with Crippen LogP contribution in [-0.4, -0.2) is 21.4 Å². The number of hydrogen-bond acceptors (Lipinski definition) is 4. The van der Waals surface area contributed by atoms with Crippen LogP contribution in [0.1, 0.15) is 30.2 Å². The molecule has 1 aliphatic rings. The minimum absolute atomic E-state index is 0.162. The van der Waals surface area contributed by atoms with Gasteiger partial charge in [0.25, 0.3) is 5.56 Å². The van der Waals surface area contributed by atoms with E-state index in [9.17, 15) is 14.0 Å². The van der Waals surface area contributed by atoms with Crippen molar-refractivity contribution in [3.63, 3.8) is 0 Å². The minimum atomic E-state index is -0.592. The van der Waals surface area contributed by atoms with E-state index in [2.05, 4.69) is 10.1 Å². The molecular weight excluding hydrogens is 277 g/mol. The number of hydrogen-bond donors (Lipinski definition) is 1. The van der Waals surface area contributed by atoms with Gasteiger partial charge in [0.15, 0.2) is 5.69 Å². The van der Waals surface area contributed by atoms with Gasteiger partial charge < -0.3 is 4.74 Å². The van der Waals surface area contributed by atoms with Crippen LogP contribution in [0.5, 0.6) is 0 Å². The first-order chi connectivity index (χ1) is 10.1. The van der Waals surface area contributed by atoms with Crippen molar-refractivity contribution in [3.05, 3.63) is 62.2 Å². The van der Waals surface area contributed by atoms with Crippen molar-refractivity contribution in [3.8, 4) is 0 Å². The van der Waals surface area contributed by atoms with E-state index in [0.717, 1.165) is 16.7 Å². The molecule has 1 fully saturated rings. The standard InChI is InChI=1S/C14H14FN3O3/c15-10-5-3-9(4-6-10)8-18-14(20)16-13(19)12(17-18)11-2-1-7-21-11/h3-6,11H,1-2,7-8H2,(H,16,19,20). The molecule has 21 heavy (non-hydrogen) atoms. The highest BCUT2D eigenvalue weighted by Gasteiger charge is 2.23. The van der Waals surface area contributed by atoms with Crippen LogP contribution in [0.2, 0.25) is 0 Å². The molecule has 1 N–H and O–H groups in total. The highest BCUT2D eigenvalue weighted by atomic mass is 19.1.